The largest absolute Gasteiger partial charge is 0.292 e. The molecule has 0 spiro atoms. The van der Waals surface area contributed by atoms with Crippen LogP contribution in [-0.2, 0) is 9.59 Å². The van der Waals surface area contributed by atoms with Crippen molar-refractivity contribution in [3.63, 3.8) is 0 Å². The highest BCUT2D eigenvalue weighted by atomic mass is 79.9. The lowest BCUT2D eigenvalue weighted by molar-refractivity contribution is -0.154. The number of hydrogen-bond acceptors (Lipinski definition) is 4. The molecule has 2 aromatic rings. The van der Waals surface area contributed by atoms with Crippen molar-refractivity contribution in [3.8, 4) is 0 Å². The molecular weight excluding hydrogens is 576 g/mol. The van der Waals surface area contributed by atoms with Crippen molar-refractivity contribution in [1.29, 1.82) is 0 Å². The highest BCUT2D eigenvalue weighted by Crippen LogP contribution is 2.60. The number of fused-ring (bicyclic) bond motifs is 5. The van der Waals surface area contributed by atoms with Crippen LogP contribution in [0.25, 0.3) is 0 Å². The van der Waals surface area contributed by atoms with Gasteiger partial charge < -0.3 is 0 Å². The Morgan fingerprint density at radius 2 is 1.42 bits per heavy atom. The summed E-state index contributed by atoms with van der Waals surface area (Å²) in [4.78, 5) is 53.7. The van der Waals surface area contributed by atoms with Gasteiger partial charge in [0.05, 0.1) is 11.8 Å². The molecule has 1 saturated heterocycles. The van der Waals surface area contributed by atoms with Crippen molar-refractivity contribution in [2.75, 3.05) is 6.54 Å². The third-order valence-electron chi connectivity index (χ3n) is 6.92. The normalized spacial score (nSPS) is 30.0. The molecule has 0 radical (unpaired) electrons. The monoisotopic (exact) mass is 592 g/mol. The highest BCUT2D eigenvalue weighted by Gasteiger charge is 2.67. The Balaban J connectivity index is 1.51. The zero-order valence-corrected chi connectivity index (χ0v) is 21.2. The minimum absolute atomic E-state index is 0.00290. The van der Waals surface area contributed by atoms with Crippen LogP contribution in [0, 0.1) is 23.7 Å². The summed E-state index contributed by atoms with van der Waals surface area (Å²) < 4.78 is 0. The fourth-order valence-corrected chi connectivity index (χ4v) is 7.40. The van der Waals surface area contributed by atoms with E-state index >= 15 is 0 Å². The number of benzene rings is 2. The van der Waals surface area contributed by atoms with Crippen LogP contribution in [0.2, 0.25) is 5.02 Å². The molecule has 1 aliphatic heterocycles. The quantitative estimate of drug-likeness (QED) is 0.293. The van der Waals surface area contributed by atoms with Crippen LogP contribution >= 0.6 is 43.5 Å². The fourth-order valence-electron chi connectivity index (χ4n) is 5.40. The molecule has 9 heteroatoms. The maximum atomic E-state index is 13.5. The van der Waals surface area contributed by atoms with Crippen LogP contribution in [0.15, 0.2) is 54.6 Å². The zero-order valence-electron chi connectivity index (χ0n) is 17.2. The topological polar surface area (TPSA) is 74.8 Å². The van der Waals surface area contributed by atoms with E-state index in [0.717, 1.165) is 16.4 Å². The molecule has 170 valence electrons. The first kappa shape index (κ1) is 22.7. The summed E-state index contributed by atoms with van der Waals surface area (Å²) >= 11 is 13.3. The van der Waals surface area contributed by atoms with Crippen molar-refractivity contribution < 1.29 is 19.2 Å². The number of imide groups is 1. The van der Waals surface area contributed by atoms with Gasteiger partial charge >= 0.3 is 0 Å². The maximum absolute atomic E-state index is 13.5. The van der Waals surface area contributed by atoms with Crippen LogP contribution in [0.1, 0.15) is 27.1 Å². The molecular formula is C24H19Br2ClN2O4. The predicted octanol–water partition coefficient (Wildman–Crippen LogP) is 4.36. The number of hydrogen-bond donors (Lipinski definition) is 0. The van der Waals surface area contributed by atoms with E-state index in [1.165, 1.54) is 12.1 Å². The minimum Gasteiger partial charge on any atom is -0.292 e. The molecule has 2 aromatic carbocycles. The van der Waals surface area contributed by atoms with Gasteiger partial charge in [-0.1, -0.05) is 73.8 Å². The number of Topliss-reactive ketones (excluding diaryl/α,β-unsaturated/α-hetero) is 1. The third-order valence-corrected chi connectivity index (χ3v) is 10.4. The Labute approximate surface area is 212 Å². The van der Waals surface area contributed by atoms with Gasteiger partial charge in [0.1, 0.15) is 6.54 Å². The van der Waals surface area contributed by atoms with Crippen LogP contribution < -0.4 is 0 Å². The van der Waals surface area contributed by atoms with Crippen LogP contribution in [0.3, 0.4) is 0 Å². The van der Waals surface area contributed by atoms with Gasteiger partial charge in [0, 0.05) is 25.8 Å². The van der Waals surface area contributed by atoms with E-state index in [-0.39, 0.29) is 32.8 Å². The number of nitrogens with zero attached hydrogens (tertiary/aromatic N) is 2. The molecule has 0 aromatic heterocycles. The van der Waals surface area contributed by atoms with Gasteiger partial charge in [0.15, 0.2) is 5.78 Å². The first-order chi connectivity index (χ1) is 15.8. The van der Waals surface area contributed by atoms with Crippen LogP contribution in [-0.4, -0.2) is 49.7 Å². The van der Waals surface area contributed by atoms with E-state index in [1.807, 2.05) is 0 Å². The summed E-state index contributed by atoms with van der Waals surface area (Å²) in [5.41, 5.74) is 0.629. The number of hydrazine groups is 1. The van der Waals surface area contributed by atoms with Gasteiger partial charge in [-0.25, -0.2) is 5.01 Å². The van der Waals surface area contributed by atoms with E-state index < -0.39 is 36.1 Å². The SMILES string of the molecule is O=C(CN(C(=O)c1ccc(Cl)cc1)N1C(=O)[C@@H]2[C@H]3C[C@@H]([C@@H](Br)[C@H]3Br)[C@H]2C1=O)c1ccccc1. The average Bonchev–Trinajstić information content (AvgIpc) is 3.43. The number of carbonyl (C=O) groups excluding carboxylic acids is 4. The van der Waals surface area contributed by atoms with Crippen molar-refractivity contribution in [2.24, 2.45) is 23.7 Å². The minimum atomic E-state index is -0.601. The lowest BCUT2D eigenvalue weighted by Crippen LogP contribution is -2.52. The van der Waals surface area contributed by atoms with Crippen molar-refractivity contribution >= 4 is 67.0 Å². The van der Waals surface area contributed by atoms with E-state index in [2.05, 4.69) is 31.9 Å². The number of ketones is 1. The molecule has 33 heavy (non-hydrogen) atoms. The standard InChI is InChI=1S/C24H19Br2ClN2O4/c25-20-15-10-16(21(20)26)19-18(15)23(32)29(24(19)33)28(11-17(30)12-4-2-1-3-5-12)22(31)13-6-8-14(27)9-7-13/h1-9,15-16,18-21H,10-11H2/t15-,16-,18-,19-,20-,21+/m1/s1. The molecule has 0 unspecified atom stereocenters. The highest BCUT2D eigenvalue weighted by molar-refractivity contribution is 9.12. The van der Waals surface area contributed by atoms with E-state index in [0.29, 0.717) is 10.6 Å². The Morgan fingerprint density at radius 3 is 1.97 bits per heavy atom. The summed E-state index contributed by atoms with van der Waals surface area (Å²) in [6.45, 7) is -0.423. The number of carbonyl (C=O) groups is 4. The molecule has 6 nitrogen and oxygen atoms in total. The third kappa shape index (κ3) is 3.67. The van der Waals surface area contributed by atoms with E-state index in [9.17, 15) is 19.2 Å². The summed E-state index contributed by atoms with van der Waals surface area (Å²) in [7, 11) is 0. The molecule has 1 heterocycles. The molecule has 2 bridgehead atoms. The summed E-state index contributed by atoms with van der Waals surface area (Å²) in [6.07, 6.45) is 0.778. The van der Waals surface area contributed by atoms with Gasteiger partial charge in [-0.2, -0.15) is 5.01 Å². The second-order valence-corrected chi connectivity index (χ2v) is 11.2. The molecule has 0 N–H and O–H groups in total. The Hall–Kier alpha value is -2.03. The summed E-state index contributed by atoms with van der Waals surface area (Å²) in [5.74, 6) is -2.77. The molecule has 3 amide bonds. The summed E-state index contributed by atoms with van der Waals surface area (Å²) in [5, 5.41) is 2.38. The molecule has 3 aliphatic rings. The second kappa shape index (κ2) is 8.64. The Bertz CT molecular complexity index is 1110. The Morgan fingerprint density at radius 1 is 0.879 bits per heavy atom. The summed E-state index contributed by atoms with van der Waals surface area (Å²) in [6, 6.07) is 14.6. The zero-order chi connectivity index (χ0) is 23.4. The van der Waals surface area contributed by atoms with Crippen LogP contribution in [0.4, 0.5) is 0 Å². The first-order valence-electron chi connectivity index (χ1n) is 10.6. The smallest absolute Gasteiger partial charge is 0.273 e. The van der Waals surface area contributed by atoms with Gasteiger partial charge in [0.25, 0.3) is 17.7 Å². The van der Waals surface area contributed by atoms with Crippen molar-refractivity contribution in [1.82, 2.24) is 10.0 Å². The van der Waals surface area contributed by atoms with E-state index in [1.54, 1.807) is 42.5 Å². The predicted molar refractivity (Wildman–Crippen MR) is 129 cm³/mol. The van der Waals surface area contributed by atoms with E-state index in [4.69, 9.17) is 11.6 Å². The molecule has 2 aliphatic carbocycles. The lowest BCUT2D eigenvalue weighted by atomic mass is 9.81. The molecule has 6 atom stereocenters. The second-order valence-electron chi connectivity index (χ2n) is 8.65. The Kier molecular flexibility index (Phi) is 5.95. The molecule has 2 saturated carbocycles. The van der Waals surface area contributed by atoms with Gasteiger partial charge in [-0.05, 0) is 42.5 Å². The fraction of sp³-hybridized carbons (Fsp3) is 0.333. The number of alkyl halides is 2. The number of rotatable bonds is 5. The van der Waals surface area contributed by atoms with Gasteiger partial charge in [-0.15, -0.1) is 0 Å². The van der Waals surface area contributed by atoms with Crippen molar-refractivity contribution in [2.45, 2.75) is 16.1 Å². The molecule has 3 fully saturated rings. The average molecular weight is 595 g/mol. The van der Waals surface area contributed by atoms with Crippen LogP contribution in [0.5, 0.6) is 0 Å². The van der Waals surface area contributed by atoms with Gasteiger partial charge in [-0.3, -0.25) is 19.2 Å². The van der Waals surface area contributed by atoms with Gasteiger partial charge in [0.2, 0.25) is 0 Å². The maximum Gasteiger partial charge on any atom is 0.273 e. The number of halogens is 3. The first-order valence-corrected chi connectivity index (χ1v) is 12.8. The van der Waals surface area contributed by atoms with Crippen molar-refractivity contribution in [3.05, 3.63) is 70.7 Å². The molecule has 5 rings (SSSR count). The lowest BCUT2D eigenvalue weighted by Gasteiger charge is -2.31. The number of amides is 3.